The minimum atomic E-state index is -0.953. The summed E-state index contributed by atoms with van der Waals surface area (Å²) in [6.07, 6.45) is 2.35. The minimum absolute atomic E-state index is 0.0966. The van der Waals surface area contributed by atoms with Crippen molar-refractivity contribution in [2.75, 3.05) is 6.54 Å². The van der Waals surface area contributed by atoms with E-state index < -0.39 is 5.97 Å². The number of carboxylic acid groups (broad SMARTS) is 1. The first-order valence-corrected chi connectivity index (χ1v) is 3.59. The first-order valence-electron chi connectivity index (χ1n) is 3.59. The number of amides is 1. The van der Waals surface area contributed by atoms with Crippen LogP contribution >= 0.6 is 0 Å². The summed E-state index contributed by atoms with van der Waals surface area (Å²) in [5.41, 5.74) is 0.283. The van der Waals surface area contributed by atoms with Gasteiger partial charge in [0.2, 0.25) is 0 Å². The average Bonchev–Trinajstić information content (AvgIpc) is 2.55. The summed E-state index contributed by atoms with van der Waals surface area (Å²) < 4.78 is 4.44. The van der Waals surface area contributed by atoms with E-state index in [-0.39, 0.29) is 24.4 Å². The van der Waals surface area contributed by atoms with Crippen molar-refractivity contribution in [3.05, 3.63) is 18.0 Å². The number of hydrogen-bond donors (Lipinski definition) is 2. The Morgan fingerprint density at radius 3 is 2.92 bits per heavy atom. The minimum Gasteiger partial charge on any atom is -0.481 e. The van der Waals surface area contributed by atoms with Gasteiger partial charge in [0, 0.05) is 6.54 Å². The number of hydrogen-bond acceptors (Lipinski definition) is 4. The van der Waals surface area contributed by atoms with Crippen LogP contribution in [0.15, 0.2) is 17.0 Å². The second-order valence-corrected chi connectivity index (χ2v) is 2.31. The molecule has 0 saturated carbocycles. The topological polar surface area (TPSA) is 92.4 Å². The van der Waals surface area contributed by atoms with Gasteiger partial charge in [-0.3, -0.25) is 9.59 Å². The van der Waals surface area contributed by atoms with Crippen LogP contribution in [0.1, 0.15) is 16.8 Å². The lowest BCUT2D eigenvalue weighted by Crippen LogP contribution is -2.25. The molecule has 6 heteroatoms. The van der Waals surface area contributed by atoms with Gasteiger partial charge in [0.05, 0.1) is 18.2 Å². The highest BCUT2D eigenvalue weighted by atomic mass is 16.5. The molecule has 0 fully saturated rings. The lowest BCUT2D eigenvalue weighted by molar-refractivity contribution is -0.136. The highest BCUT2D eigenvalue weighted by Gasteiger charge is 2.07. The largest absolute Gasteiger partial charge is 0.481 e. The van der Waals surface area contributed by atoms with Gasteiger partial charge in [0.15, 0.2) is 0 Å². The Morgan fingerprint density at radius 1 is 1.62 bits per heavy atom. The van der Waals surface area contributed by atoms with Gasteiger partial charge in [-0.15, -0.1) is 0 Å². The van der Waals surface area contributed by atoms with E-state index in [1.807, 2.05) is 0 Å². The normalized spacial score (nSPS) is 9.54. The second-order valence-electron chi connectivity index (χ2n) is 2.31. The molecule has 0 aliphatic carbocycles. The highest BCUT2D eigenvalue weighted by molar-refractivity contribution is 5.93. The van der Waals surface area contributed by atoms with Crippen LogP contribution in [-0.2, 0) is 4.79 Å². The summed E-state index contributed by atoms with van der Waals surface area (Å²) in [5.74, 6) is -1.34. The van der Waals surface area contributed by atoms with Gasteiger partial charge in [-0.1, -0.05) is 5.16 Å². The fraction of sp³-hybridized carbons (Fsp3) is 0.286. The summed E-state index contributed by atoms with van der Waals surface area (Å²) in [6, 6.07) is 0. The maximum absolute atomic E-state index is 11.1. The molecule has 13 heavy (non-hydrogen) atoms. The summed E-state index contributed by atoms with van der Waals surface area (Å²) >= 11 is 0. The van der Waals surface area contributed by atoms with Gasteiger partial charge >= 0.3 is 5.97 Å². The molecule has 1 aromatic rings. The Hall–Kier alpha value is -1.85. The van der Waals surface area contributed by atoms with E-state index in [0.29, 0.717) is 0 Å². The zero-order valence-corrected chi connectivity index (χ0v) is 6.69. The number of aliphatic carboxylic acids is 1. The average molecular weight is 184 g/mol. The third-order valence-corrected chi connectivity index (χ3v) is 1.32. The smallest absolute Gasteiger partial charge is 0.305 e. The maximum Gasteiger partial charge on any atom is 0.305 e. The lowest BCUT2D eigenvalue weighted by Gasteiger charge is -1.98. The van der Waals surface area contributed by atoms with Crippen LogP contribution < -0.4 is 5.32 Å². The molecule has 0 saturated heterocycles. The fourth-order valence-corrected chi connectivity index (χ4v) is 0.702. The molecule has 1 aromatic heterocycles. The Morgan fingerprint density at radius 2 is 2.38 bits per heavy atom. The Balaban J connectivity index is 2.31. The summed E-state index contributed by atoms with van der Waals surface area (Å²) in [6.45, 7) is 0.0966. The molecule has 0 aliphatic rings. The van der Waals surface area contributed by atoms with E-state index in [0.717, 1.165) is 0 Å². The standard InChI is InChI=1S/C7H8N2O4/c10-6(11)1-2-8-7(12)5-3-9-13-4-5/h3-4H,1-2H2,(H,8,12)(H,10,11). The van der Waals surface area contributed by atoms with Crippen molar-refractivity contribution in [2.24, 2.45) is 0 Å². The molecule has 1 heterocycles. The van der Waals surface area contributed by atoms with E-state index in [1.165, 1.54) is 12.5 Å². The van der Waals surface area contributed by atoms with Crippen molar-refractivity contribution in [2.45, 2.75) is 6.42 Å². The molecule has 0 aromatic carbocycles. The van der Waals surface area contributed by atoms with Crippen molar-refractivity contribution in [1.82, 2.24) is 10.5 Å². The summed E-state index contributed by atoms with van der Waals surface area (Å²) in [5, 5.41) is 14.0. The molecule has 0 unspecified atom stereocenters. The number of nitrogens with one attached hydrogen (secondary N) is 1. The molecule has 70 valence electrons. The monoisotopic (exact) mass is 184 g/mol. The van der Waals surface area contributed by atoms with Crippen LogP contribution in [0.3, 0.4) is 0 Å². The zero-order valence-electron chi connectivity index (χ0n) is 6.69. The molecule has 1 amide bonds. The van der Waals surface area contributed by atoms with Gasteiger partial charge in [0.1, 0.15) is 6.26 Å². The van der Waals surface area contributed by atoms with Crippen molar-refractivity contribution >= 4 is 11.9 Å². The third-order valence-electron chi connectivity index (χ3n) is 1.32. The van der Waals surface area contributed by atoms with Gasteiger partial charge in [-0.2, -0.15) is 0 Å². The van der Waals surface area contributed by atoms with Crippen LogP contribution in [0.4, 0.5) is 0 Å². The van der Waals surface area contributed by atoms with E-state index in [4.69, 9.17) is 5.11 Å². The number of aromatic nitrogens is 1. The van der Waals surface area contributed by atoms with Crippen LogP contribution in [0.5, 0.6) is 0 Å². The molecule has 1 rings (SSSR count). The van der Waals surface area contributed by atoms with Crippen molar-refractivity contribution < 1.29 is 19.2 Å². The van der Waals surface area contributed by atoms with Crippen molar-refractivity contribution in [1.29, 1.82) is 0 Å². The molecule has 0 spiro atoms. The predicted molar refractivity (Wildman–Crippen MR) is 41.1 cm³/mol. The summed E-state index contributed by atoms with van der Waals surface area (Å²) in [4.78, 5) is 21.2. The molecule has 0 atom stereocenters. The molecular weight excluding hydrogens is 176 g/mol. The number of nitrogens with zero attached hydrogens (tertiary/aromatic N) is 1. The second kappa shape index (κ2) is 4.24. The first-order chi connectivity index (χ1) is 6.20. The quantitative estimate of drug-likeness (QED) is 0.680. The fourth-order valence-electron chi connectivity index (χ4n) is 0.702. The third kappa shape index (κ3) is 2.94. The first kappa shape index (κ1) is 9.24. The Kier molecular flexibility index (Phi) is 3.02. The Bertz CT molecular complexity index is 293. The lowest BCUT2D eigenvalue weighted by atomic mass is 10.3. The van der Waals surface area contributed by atoms with E-state index in [2.05, 4.69) is 15.0 Å². The SMILES string of the molecule is O=C(O)CCNC(=O)c1cnoc1. The maximum atomic E-state index is 11.1. The molecule has 6 nitrogen and oxygen atoms in total. The van der Waals surface area contributed by atoms with Gasteiger partial charge in [0.25, 0.3) is 5.91 Å². The van der Waals surface area contributed by atoms with Crippen molar-refractivity contribution in [3.63, 3.8) is 0 Å². The van der Waals surface area contributed by atoms with Gasteiger partial charge in [-0.25, -0.2) is 0 Å². The van der Waals surface area contributed by atoms with Crippen LogP contribution in [0.2, 0.25) is 0 Å². The number of rotatable bonds is 4. The zero-order chi connectivity index (χ0) is 9.68. The molecule has 0 bridgehead atoms. The Labute approximate surface area is 73.5 Å². The highest BCUT2D eigenvalue weighted by Crippen LogP contribution is 1.95. The molecule has 0 aliphatic heterocycles. The van der Waals surface area contributed by atoms with Crippen molar-refractivity contribution in [3.8, 4) is 0 Å². The number of carbonyl (C=O) groups is 2. The van der Waals surface area contributed by atoms with E-state index in [9.17, 15) is 9.59 Å². The van der Waals surface area contributed by atoms with Crippen LogP contribution in [0.25, 0.3) is 0 Å². The summed E-state index contributed by atoms with van der Waals surface area (Å²) in [7, 11) is 0. The predicted octanol–water partition coefficient (Wildman–Crippen LogP) is -0.121. The van der Waals surface area contributed by atoms with Crippen LogP contribution in [-0.4, -0.2) is 28.7 Å². The number of carboxylic acids is 1. The van der Waals surface area contributed by atoms with E-state index >= 15 is 0 Å². The molecule has 2 N–H and O–H groups in total. The molecular formula is C7H8N2O4. The van der Waals surface area contributed by atoms with Crippen LogP contribution in [0, 0.1) is 0 Å². The van der Waals surface area contributed by atoms with E-state index in [1.54, 1.807) is 0 Å². The molecule has 0 radical (unpaired) electrons. The number of carbonyl (C=O) groups excluding carboxylic acids is 1. The van der Waals surface area contributed by atoms with Gasteiger partial charge in [-0.05, 0) is 0 Å². The van der Waals surface area contributed by atoms with Gasteiger partial charge < -0.3 is 14.9 Å².